The normalized spacial score (nSPS) is 36.4. The fourth-order valence-corrected chi connectivity index (χ4v) is 2.12. The fraction of sp³-hybridized carbons (Fsp3) is 0.818. The molecule has 0 saturated carbocycles. The molecule has 0 spiro atoms. The maximum atomic E-state index is 13.2. The molecule has 2 rings (SSSR count). The Morgan fingerprint density at radius 2 is 1.86 bits per heavy atom. The van der Waals surface area contributed by atoms with Crippen LogP contribution in [-0.2, 0) is 18.9 Å². The number of alkyl halides is 3. The monoisotopic (exact) mass is 320 g/mol. The Hall–Kier alpha value is -0.970. The molecule has 0 aromatic heterocycles. The lowest BCUT2D eigenvalue weighted by molar-refractivity contribution is -0.221. The Kier molecular flexibility index (Phi) is 4.17. The van der Waals surface area contributed by atoms with Gasteiger partial charge in [0.15, 0.2) is 24.3 Å². The van der Waals surface area contributed by atoms with Crippen LogP contribution in [-0.4, -0.2) is 48.3 Å². The van der Waals surface area contributed by atoms with Crippen LogP contribution in [0.3, 0.4) is 0 Å². The van der Waals surface area contributed by atoms with E-state index < -0.39 is 55.0 Å². The van der Waals surface area contributed by atoms with Crippen molar-refractivity contribution in [2.24, 2.45) is 0 Å². The molecule has 1 N–H and O–H groups in total. The SMILES string of the molecule is CC1(C)O[C@H]2O[C@H](CO)[C@H](O/C(F)=C(\F)C(F)(F)F)[C@H]2O1. The Labute approximate surface area is 116 Å². The van der Waals surface area contributed by atoms with Crippen molar-refractivity contribution in [2.75, 3.05) is 6.61 Å². The highest BCUT2D eigenvalue weighted by atomic mass is 19.4. The molecular weight excluding hydrogens is 307 g/mol. The minimum absolute atomic E-state index is 0.689. The minimum Gasteiger partial charge on any atom is -0.460 e. The summed E-state index contributed by atoms with van der Waals surface area (Å²) in [6, 6.07) is -2.44. The second-order valence-corrected chi connectivity index (χ2v) is 4.99. The van der Waals surface area contributed by atoms with E-state index in [0.717, 1.165) is 0 Å². The number of aliphatic hydroxyl groups excluding tert-OH is 1. The lowest BCUT2D eigenvalue weighted by Gasteiger charge is -2.24. The van der Waals surface area contributed by atoms with Gasteiger partial charge in [0.25, 0.3) is 5.83 Å². The molecule has 0 aromatic carbocycles. The highest BCUT2D eigenvalue weighted by Gasteiger charge is 2.56. The topological polar surface area (TPSA) is 57.2 Å². The standard InChI is InChI=1S/C11H13F5O5/c1-10(2)20-6-5(4(3-17)18-9(6)21-10)19-8(13)7(12)11(14,15)16/h4-6,9,17H,3H2,1-2H3/b8-7-/t4-,5+,6-,9-/m1/s1. The van der Waals surface area contributed by atoms with Crippen LogP contribution in [0.15, 0.2) is 11.8 Å². The summed E-state index contributed by atoms with van der Waals surface area (Å²) in [4.78, 5) is 0. The van der Waals surface area contributed by atoms with Crippen LogP contribution < -0.4 is 0 Å². The van der Waals surface area contributed by atoms with Gasteiger partial charge < -0.3 is 24.1 Å². The van der Waals surface area contributed by atoms with Crippen molar-refractivity contribution in [2.45, 2.75) is 50.4 Å². The van der Waals surface area contributed by atoms with Crippen LogP contribution in [0.1, 0.15) is 13.8 Å². The van der Waals surface area contributed by atoms with Gasteiger partial charge in [0.1, 0.15) is 6.10 Å². The van der Waals surface area contributed by atoms with Gasteiger partial charge >= 0.3 is 12.2 Å². The first kappa shape index (κ1) is 16.4. The van der Waals surface area contributed by atoms with Crippen LogP contribution in [0.4, 0.5) is 22.0 Å². The van der Waals surface area contributed by atoms with E-state index in [2.05, 4.69) is 4.74 Å². The molecule has 5 nitrogen and oxygen atoms in total. The van der Waals surface area contributed by atoms with Gasteiger partial charge in [-0.25, -0.2) is 0 Å². The van der Waals surface area contributed by atoms with Crippen LogP contribution in [0, 0.1) is 0 Å². The summed E-state index contributed by atoms with van der Waals surface area (Å²) in [6.07, 6.45) is -10.3. The number of aliphatic hydroxyl groups is 1. The molecule has 2 aliphatic rings. The molecule has 2 heterocycles. The summed E-state index contributed by atoms with van der Waals surface area (Å²) in [5, 5.41) is 9.06. The highest BCUT2D eigenvalue weighted by Crippen LogP contribution is 2.40. The number of rotatable bonds is 3. The molecule has 4 atom stereocenters. The Morgan fingerprint density at radius 3 is 2.38 bits per heavy atom. The summed E-state index contributed by atoms with van der Waals surface area (Å²) in [5.74, 6) is -4.12. The number of hydrogen-bond acceptors (Lipinski definition) is 5. The van der Waals surface area contributed by atoms with Crippen molar-refractivity contribution in [3.63, 3.8) is 0 Å². The van der Waals surface area contributed by atoms with E-state index in [1.54, 1.807) is 0 Å². The molecule has 2 fully saturated rings. The Bertz CT molecular complexity index is 435. The van der Waals surface area contributed by atoms with E-state index in [0.29, 0.717) is 0 Å². The average molecular weight is 320 g/mol. The molecule has 0 aromatic rings. The Balaban J connectivity index is 2.17. The van der Waals surface area contributed by atoms with E-state index in [-0.39, 0.29) is 0 Å². The van der Waals surface area contributed by atoms with Gasteiger partial charge in [0.2, 0.25) is 0 Å². The molecular formula is C11H13F5O5. The second-order valence-electron chi connectivity index (χ2n) is 4.99. The predicted molar refractivity (Wildman–Crippen MR) is 56.0 cm³/mol. The predicted octanol–water partition coefficient (Wildman–Crippen LogP) is 1.91. The summed E-state index contributed by atoms with van der Waals surface area (Å²) in [5.41, 5.74) is 0. The summed E-state index contributed by atoms with van der Waals surface area (Å²) >= 11 is 0. The molecule has 0 amide bonds. The molecule has 0 radical (unpaired) electrons. The molecule has 122 valence electrons. The third kappa shape index (κ3) is 3.28. The first-order chi connectivity index (χ1) is 9.55. The third-order valence-corrected chi connectivity index (χ3v) is 2.93. The molecule has 2 saturated heterocycles. The van der Waals surface area contributed by atoms with Gasteiger partial charge in [-0.2, -0.15) is 22.0 Å². The summed E-state index contributed by atoms with van der Waals surface area (Å²) in [6.45, 7) is 2.32. The van der Waals surface area contributed by atoms with Crippen LogP contribution in [0.5, 0.6) is 0 Å². The second kappa shape index (κ2) is 5.34. The van der Waals surface area contributed by atoms with Gasteiger partial charge in [-0.15, -0.1) is 0 Å². The summed E-state index contributed by atoms with van der Waals surface area (Å²) < 4.78 is 82.2. The van der Waals surface area contributed by atoms with Gasteiger partial charge in [0.05, 0.1) is 6.61 Å². The quantitative estimate of drug-likeness (QED) is 0.636. The van der Waals surface area contributed by atoms with Crippen molar-refractivity contribution in [1.82, 2.24) is 0 Å². The molecule has 0 aliphatic carbocycles. The van der Waals surface area contributed by atoms with Gasteiger partial charge in [-0.3, -0.25) is 0 Å². The maximum absolute atomic E-state index is 13.2. The Morgan fingerprint density at radius 1 is 1.24 bits per heavy atom. The first-order valence-corrected chi connectivity index (χ1v) is 5.96. The lowest BCUT2D eigenvalue weighted by atomic mass is 10.1. The smallest absolute Gasteiger partial charge is 0.449 e. The van der Waals surface area contributed by atoms with Crippen LogP contribution in [0.25, 0.3) is 0 Å². The highest BCUT2D eigenvalue weighted by molar-refractivity contribution is 5.03. The van der Waals surface area contributed by atoms with E-state index in [4.69, 9.17) is 19.3 Å². The van der Waals surface area contributed by atoms with E-state index >= 15 is 0 Å². The van der Waals surface area contributed by atoms with Crippen molar-refractivity contribution >= 4 is 0 Å². The van der Waals surface area contributed by atoms with Gasteiger partial charge in [0, 0.05) is 0 Å². The van der Waals surface area contributed by atoms with Crippen molar-refractivity contribution in [1.29, 1.82) is 0 Å². The molecule has 2 aliphatic heterocycles. The fourth-order valence-electron chi connectivity index (χ4n) is 2.12. The van der Waals surface area contributed by atoms with Crippen molar-refractivity contribution in [3.05, 3.63) is 11.8 Å². The largest absolute Gasteiger partial charge is 0.460 e. The number of halogens is 5. The van der Waals surface area contributed by atoms with Gasteiger partial charge in [-0.05, 0) is 13.8 Å². The molecule has 0 bridgehead atoms. The van der Waals surface area contributed by atoms with E-state index in [9.17, 15) is 22.0 Å². The number of hydrogen-bond donors (Lipinski definition) is 1. The molecule has 0 unspecified atom stereocenters. The molecule has 10 heteroatoms. The number of ether oxygens (including phenoxy) is 4. The average Bonchev–Trinajstić information content (AvgIpc) is 2.80. The maximum Gasteiger partial charge on any atom is 0.449 e. The van der Waals surface area contributed by atoms with Crippen molar-refractivity contribution < 1.29 is 46.0 Å². The first-order valence-electron chi connectivity index (χ1n) is 5.96. The zero-order chi connectivity index (χ0) is 16.0. The minimum atomic E-state index is -5.51. The lowest BCUT2D eigenvalue weighted by Crippen LogP contribution is -2.38. The third-order valence-electron chi connectivity index (χ3n) is 2.93. The zero-order valence-electron chi connectivity index (χ0n) is 11.0. The molecule has 21 heavy (non-hydrogen) atoms. The van der Waals surface area contributed by atoms with Crippen molar-refractivity contribution in [3.8, 4) is 0 Å². The summed E-state index contributed by atoms with van der Waals surface area (Å²) in [7, 11) is 0. The number of fused-ring (bicyclic) bond motifs is 1. The van der Waals surface area contributed by atoms with E-state index in [1.807, 2.05) is 0 Å². The van der Waals surface area contributed by atoms with Crippen LogP contribution in [0.2, 0.25) is 0 Å². The van der Waals surface area contributed by atoms with Gasteiger partial charge in [-0.1, -0.05) is 0 Å². The number of allylic oxidation sites excluding steroid dienone is 1. The van der Waals surface area contributed by atoms with Crippen LogP contribution >= 0.6 is 0 Å². The van der Waals surface area contributed by atoms with E-state index in [1.165, 1.54) is 13.8 Å². The zero-order valence-corrected chi connectivity index (χ0v) is 11.0.